The summed E-state index contributed by atoms with van der Waals surface area (Å²) in [4.78, 5) is 23.7. The first-order valence-electron chi connectivity index (χ1n) is 4.86. The van der Waals surface area contributed by atoms with Gasteiger partial charge in [0.1, 0.15) is 6.04 Å². The van der Waals surface area contributed by atoms with Crippen molar-refractivity contribution in [2.24, 2.45) is 0 Å². The van der Waals surface area contributed by atoms with Crippen LogP contribution in [0.5, 0.6) is 0 Å². The summed E-state index contributed by atoms with van der Waals surface area (Å²) in [5, 5.41) is 5.06. The van der Waals surface area contributed by atoms with Gasteiger partial charge in [-0.3, -0.25) is 9.59 Å². The van der Waals surface area contributed by atoms with E-state index in [1.165, 1.54) is 7.05 Å². The SMILES string of the molecule is CNC(=O)C(C)NC(=O)c1ccc(S)cc1. The van der Waals surface area contributed by atoms with Crippen LogP contribution in [-0.4, -0.2) is 24.9 Å². The molecule has 0 saturated heterocycles. The van der Waals surface area contributed by atoms with Crippen molar-refractivity contribution in [2.45, 2.75) is 17.9 Å². The maximum Gasteiger partial charge on any atom is 0.251 e. The fourth-order valence-electron chi connectivity index (χ4n) is 1.17. The van der Waals surface area contributed by atoms with Gasteiger partial charge in [-0.1, -0.05) is 0 Å². The Balaban J connectivity index is 2.65. The Hall–Kier alpha value is -1.49. The molecule has 0 saturated carbocycles. The van der Waals surface area contributed by atoms with Crippen molar-refractivity contribution < 1.29 is 9.59 Å². The van der Waals surface area contributed by atoms with Crippen molar-refractivity contribution in [2.75, 3.05) is 7.05 Å². The van der Waals surface area contributed by atoms with E-state index in [4.69, 9.17) is 0 Å². The topological polar surface area (TPSA) is 58.2 Å². The van der Waals surface area contributed by atoms with E-state index < -0.39 is 6.04 Å². The molecule has 86 valence electrons. The van der Waals surface area contributed by atoms with Crippen LogP contribution in [0.1, 0.15) is 17.3 Å². The maximum atomic E-state index is 11.7. The quantitative estimate of drug-likeness (QED) is 0.683. The maximum absolute atomic E-state index is 11.7. The van der Waals surface area contributed by atoms with Crippen molar-refractivity contribution in [3.63, 3.8) is 0 Å². The zero-order valence-electron chi connectivity index (χ0n) is 9.15. The van der Waals surface area contributed by atoms with Gasteiger partial charge in [-0.25, -0.2) is 0 Å². The van der Waals surface area contributed by atoms with Crippen molar-refractivity contribution in [1.29, 1.82) is 0 Å². The second kappa shape index (κ2) is 5.55. The molecule has 16 heavy (non-hydrogen) atoms. The summed E-state index contributed by atoms with van der Waals surface area (Å²) in [6.07, 6.45) is 0. The number of thiol groups is 1. The van der Waals surface area contributed by atoms with E-state index in [0.717, 1.165) is 4.90 Å². The highest BCUT2D eigenvalue weighted by molar-refractivity contribution is 7.80. The van der Waals surface area contributed by atoms with Crippen LogP contribution in [0, 0.1) is 0 Å². The van der Waals surface area contributed by atoms with Crippen molar-refractivity contribution in [3.05, 3.63) is 29.8 Å². The molecule has 2 N–H and O–H groups in total. The van der Waals surface area contributed by atoms with Gasteiger partial charge in [0.25, 0.3) is 5.91 Å². The second-order valence-electron chi connectivity index (χ2n) is 3.36. The Morgan fingerprint density at radius 3 is 2.31 bits per heavy atom. The minimum absolute atomic E-state index is 0.223. The van der Waals surface area contributed by atoms with Crippen LogP contribution in [0.4, 0.5) is 0 Å². The summed E-state index contributed by atoms with van der Waals surface area (Å²) >= 11 is 4.12. The molecular formula is C11H14N2O2S. The first kappa shape index (κ1) is 12.6. The first-order chi connectivity index (χ1) is 7.54. The predicted molar refractivity (Wildman–Crippen MR) is 64.7 cm³/mol. The van der Waals surface area contributed by atoms with E-state index in [1.807, 2.05) is 0 Å². The average molecular weight is 238 g/mol. The van der Waals surface area contributed by atoms with Crippen LogP contribution in [-0.2, 0) is 4.79 Å². The third-order valence-electron chi connectivity index (χ3n) is 2.12. The molecule has 1 atom stereocenters. The van der Waals surface area contributed by atoms with Gasteiger partial charge >= 0.3 is 0 Å². The van der Waals surface area contributed by atoms with Gasteiger partial charge in [-0.15, -0.1) is 12.6 Å². The molecule has 1 aromatic carbocycles. The van der Waals surface area contributed by atoms with E-state index in [1.54, 1.807) is 31.2 Å². The van der Waals surface area contributed by atoms with E-state index in [2.05, 4.69) is 23.3 Å². The highest BCUT2D eigenvalue weighted by Crippen LogP contribution is 2.07. The molecule has 5 heteroatoms. The molecule has 0 heterocycles. The lowest BCUT2D eigenvalue weighted by molar-refractivity contribution is -0.122. The largest absolute Gasteiger partial charge is 0.357 e. The van der Waals surface area contributed by atoms with Gasteiger partial charge in [-0.2, -0.15) is 0 Å². The van der Waals surface area contributed by atoms with Crippen molar-refractivity contribution in [3.8, 4) is 0 Å². The van der Waals surface area contributed by atoms with Gasteiger partial charge in [0.05, 0.1) is 0 Å². The van der Waals surface area contributed by atoms with Crippen LogP contribution in [0.25, 0.3) is 0 Å². The molecule has 1 rings (SSSR count). The second-order valence-corrected chi connectivity index (χ2v) is 3.87. The molecule has 0 aliphatic carbocycles. The normalized spacial score (nSPS) is 11.7. The van der Waals surface area contributed by atoms with E-state index in [0.29, 0.717) is 5.56 Å². The lowest BCUT2D eigenvalue weighted by Gasteiger charge is -2.12. The Labute approximate surface area is 99.8 Å². The molecule has 0 spiro atoms. The molecule has 1 aromatic rings. The highest BCUT2D eigenvalue weighted by atomic mass is 32.1. The first-order valence-corrected chi connectivity index (χ1v) is 5.31. The predicted octanol–water partition coefficient (Wildman–Crippen LogP) is 0.840. The Kier molecular flexibility index (Phi) is 4.37. The third-order valence-corrected chi connectivity index (χ3v) is 2.41. The zero-order chi connectivity index (χ0) is 12.1. The number of hydrogen-bond donors (Lipinski definition) is 3. The fourth-order valence-corrected chi connectivity index (χ4v) is 1.32. The van der Waals surface area contributed by atoms with E-state index >= 15 is 0 Å². The highest BCUT2D eigenvalue weighted by Gasteiger charge is 2.14. The summed E-state index contributed by atoms with van der Waals surface area (Å²) in [6, 6.07) is 6.22. The zero-order valence-corrected chi connectivity index (χ0v) is 10.0. The van der Waals surface area contributed by atoms with Gasteiger partial charge < -0.3 is 10.6 Å². The van der Waals surface area contributed by atoms with Crippen LogP contribution in [0.3, 0.4) is 0 Å². The number of benzene rings is 1. The smallest absolute Gasteiger partial charge is 0.251 e. The lowest BCUT2D eigenvalue weighted by atomic mass is 10.2. The van der Waals surface area contributed by atoms with Gasteiger partial charge in [0.15, 0.2) is 0 Å². The number of carbonyl (C=O) groups is 2. The Morgan fingerprint density at radius 2 is 1.81 bits per heavy atom. The summed E-state index contributed by atoms with van der Waals surface area (Å²) in [5.74, 6) is -0.497. The van der Waals surface area contributed by atoms with Crippen LogP contribution >= 0.6 is 12.6 Å². The summed E-state index contributed by atoms with van der Waals surface area (Å²) < 4.78 is 0. The number of amides is 2. The van der Waals surface area contributed by atoms with Gasteiger partial charge in [-0.05, 0) is 31.2 Å². The van der Waals surface area contributed by atoms with Crippen LogP contribution < -0.4 is 10.6 Å². The summed E-state index contributed by atoms with van der Waals surface area (Å²) in [6.45, 7) is 1.63. The molecule has 0 aliphatic rings. The van der Waals surface area contributed by atoms with Crippen molar-refractivity contribution >= 4 is 24.4 Å². The number of likely N-dealkylation sites (N-methyl/N-ethyl adjacent to an activating group) is 1. The number of carbonyl (C=O) groups excluding carboxylic acids is 2. The minimum Gasteiger partial charge on any atom is -0.357 e. The number of rotatable bonds is 3. The molecular weight excluding hydrogens is 224 g/mol. The average Bonchev–Trinajstić information content (AvgIpc) is 2.28. The molecule has 2 amide bonds. The van der Waals surface area contributed by atoms with Gasteiger partial charge in [0, 0.05) is 17.5 Å². The third kappa shape index (κ3) is 3.27. The van der Waals surface area contributed by atoms with Gasteiger partial charge in [0.2, 0.25) is 5.91 Å². The summed E-state index contributed by atoms with van der Waals surface area (Å²) in [5.41, 5.74) is 0.508. The lowest BCUT2D eigenvalue weighted by Crippen LogP contribution is -2.43. The fraction of sp³-hybridized carbons (Fsp3) is 0.273. The molecule has 4 nitrogen and oxygen atoms in total. The Bertz CT molecular complexity index is 389. The number of hydrogen-bond acceptors (Lipinski definition) is 3. The molecule has 0 bridgehead atoms. The standard InChI is InChI=1S/C11H14N2O2S/c1-7(10(14)12-2)13-11(15)8-3-5-9(16)6-4-8/h3-7,16H,1-2H3,(H,12,14)(H,13,15). The summed E-state index contributed by atoms with van der Waals surface area (Å²) in [7, 11) is 1.53. The van der Waals surface area contributed by atoms with Crippen LogP contribution in [0.2, 0.25) is 0 Å². The van der Waals surface area contributed by atoms with Crippen LogP contribution in [0.15, 0.2) is 29.2 Å². The van der Waals surface area contributed by atoms with E-state index in [-0.39, 0.29) is 11.8 Å². The minimum atomic E-state index is -0.548. The Morgan fingerprint density at radius 1 is 1.25 bits per heavy atom. The van der Waals surface area contributed by atoms with E-state index in [9.17, 15) is 9.59 Å². The van der Waals surface area contributed by atoms with Crippen molar-refractivity contribution in [1.82, 2.24) is 10.6 Å². The molecule has 1 unspecified atom stereocenters. The molecule has 0 aliphatic heterocycles. The molecule has 0 fully saturated rings. The number of nitrogens with one attached hydrogen (secondary N) is 2. The molecule has 0 aromatic heterocycles. The monoisotopic (exact) mass is 238 g/mol. The molecule has 0 radical (unpaired) electrons.